The molecular formula is C20H22N2O6. The summed E-state index contributed by atoms with van der Waals surface area (Å²) in [4.78, 5) is 34.0. The second kappa shape index (κ2) is 9.40. The van der Waals surface area contributed by atoms with Crippen LogP contribution in [0.1, 0.15) is 18.1 Å². The van der Waals surface area contributed by atoms with E-state index in [-0.39, 0.29) is 18.9 Å². The molecule has 0 saturated carbocycles. The van der Waals surface area contributed by atoms with Crippen molar-refractivity contribution in [3.05, 3.63) is 47.5 Å². The van der Waals surface area contributed by atoms with Crippen LogP contribution in [-0.2, 0) is 27.3 Å². The van der Waals surface area contributed by atoms with E-state index in [9.17, 15) is 14.4 Å². The van der Waals surface area contributed by atoms with Gasteiger partial charge in [0.15, 0.2) is 0 Å². The maximum absolute atomic E-state index is 11.5. The summed E-state index contributed by atoms with van der Waals surface area (Å²) in [5.41, 5.74) is 3.19. The van der Waals surface area contributed by atoms with Gasteiger partial charge in [0.05, 0.1) is 20.6 Å². The van der Waals surface area contributed by atoms with Gasteiger partial charge in [-0.05, 0) is 41.0 Å². The predicted octanol–water partition coefficient (Wildman–Crippen LogP) is 2.80. The Morgan fingerprint density at radius 2 is 1.79 bits per heavy atom. The molecule has 0 radical (unpaired) electrons. The van der Waals surface area contributed by atoms with Crippen molar-refractivity contribution in [1.29, 1.82) is 0 Å². The fraction of sp³-hybridized carbons (Fsp3) is 0.250. The summed E-state index contributed by atoms with van der Waals surface area (Å²) in [6.45, 7) is 1.68. The molecule has 0 aliphatic rings. The number of hydrogen-bond acceptors (Lipinski definition) is 5. The Bertz CT molecular complexity index is 894. The number of amides is 2. The van der Waals surface area contributed by atoms with Gasteiger partial charge in [-0.3, -0.25) is 14.9 Å². The van der Waals surface area contributed by atoms with Crippen molar-refractivity contribution in [3.63, 3.8) is 0 Å². The Morgan fingerprint density at radius 3 is 2.39 bits per heavy atom. The third-order valence-electron chi connectivity index (χ3n) is 3.98. The Hall–Kier alpha value is -3.55. The van der Waals surface area contributed by atoms with Gasteiger partial charge >= 0.3 is 12.1 Å². The summed E-state index contributed by atoms with van der Waals surface area (Å²) >= 11 is 0. The number of methoxy groups -OCH3 is 2. The molecule has 0 aliphatic carbocycles. The first-order chi connectivity index (χ1) is 13.3. The van der Waals surface area contributed by atoms with E-state index in [1.165, 1.54) is 21.1 Å². The molecule has 2 aromatic carbocycles. The molecule has 0 saturated heterocycles. The molecule has 0 aliphatic heterocycles. The summed E-state index contributed by atoms with van der Waals surface area (Å²) in [6, 6.07) is 10.3. The molecule has 148 valence electrons. The van der Waals surface area contributed by atoms with Crippen LogP contribution in [0.4, 0.5) is 10.5 Å². The Balaban J connectivity index is 2.57. The summed E-state index contributed by atoms with van der Waals surface area (Å²) < 4.78 is 10.1. The average Bonchev–Trinajstić information content (AvgIpc) is 2.66. The highest BCUT2D eigenvalue weighted by molar-refractivity contribution is 5.87. The average molecular weight is 386 g/mol. The molecule has 0 spiro atoms. The molecule has 2 rings (SSSR count). The van der Waals surface area contributed by atoms with Crippen LogP contribution in [0, 0.1) is 0 Å². The lowest BCUT2D eigenvalue weighted by Gasteiger charge is -2.16. The van der Waals surface area contributed by atoms with Gasteiger partial charge in [-0.15, -0.1) is 0 Å². The fourth-order valence-electron chi connectivity index (χ4n) is 2.70. The number of carbonyl (C=O) groups excluding carboxylic acids is 2. The highest BCUT2D eigenvalue weighted by atomic mass is 16.5. The number of aliphatic carboxylic acids is 1. The number of carbonyl (C=O) groups is 3. The van der Waals surface area contributed by atoms with Crippen LogP contribution >= 0.6 is 0 Å². The number of carboxylic acids is 1. The molecule has 8 heteroatoms. The zero-order chi connectivity index (χ0) is 20.7. The van der Waals surface area contributed by atoms with E-state index in [4.69, 9.17) is 9.84 Å². The second-order valence-corrected chi connectivity index (χ2v) is 6.00. The minimum atomic E-state index is -0.948. The number of hydrogen-bond donors (Lipinski definition) is 3. The van der Waals surface area contributed by atoms with E-state index < -0.39 is 12.1 Å². The molecule has 0 atom stereocenters. The maximum Gasteiger partial charge on any atom is 0.411 e. The zero-order valence-corrected chi connectivity index (χ0v) is 15.9. The predicted molar refractivity (Wildman–Crippen MR) is 103 cm³/mol. The quantitative estimate of drug-likeness (QED) is 0.674. The third kappa shape index (κ3) is 5.47. The van der Waals surface area contributed by atoms with Gasteiger partial charge in [0.1, 0.15) is 5.75 Å². The summed E-state index contributed by atoms with van der Waals surface area (Å²) in [5, 5.41) is 14.4. The molecule has 0 aromatic heterocycles. The molecule has 0 fully saturated rings. The van der Waals surface area contributed by atoms with Gasteiger partial charge < -0.3 is 19.9 Å². The van der Waals surface area contributed by atoms with Gasteiger partial charge in [-0.25, -0.2) is 4.79 Å². The molecule has 3 N–H and O–H groups in total. The second-order valence-electron chi connectivity index (χ2n) is 6.00. The van der Waals surface area contributed by atoms with Crippen molar-refractivity contribution < 1.29 is 29.0 Å². The molecule has 28 heavy (non-hydrogen) atoms. The van der Waals surface area contributed by atoms with Crippen LogP contribution < -0.4 is 15.4 Å². The van der Waals surface area contributed by atoms with E-state index in [1.807, 2.05) is 0 Å². The molecule has 2 amide bonds. The normalized spacial score (nSPS) is 10.1. The lowest BCUT2D eigenvalue weighted by molar-refractivity contribution is -0.136. The Labute approximate surface area is 162 Å². The number of anilines is 1. The standard InChI is InChI=1S/C20H22N2O6/c1-12(23)21-11-14-5-6-15(22-20(26)28-3)10-16(14)17-8-13(9-19(24)25)4-7-18(17)27-2/h4-8,10H,9,11H2,1-3H3,(H,21,23)(H,22,26)(H,24,25). The van der Waals surface area contributed by atoms with Crippen LogP contribution in [0.5, 0.6) is 5.75 Å². The lowest BCUT2D eigenvalue weighted by atomic mass is 9.95. The van der Waals surface area contributed by atoms with Gasteiger partial charge in [0, 0.05) is 24.7 Å². The van der Waals surface area contributed by atoms with Gasteiger partial charge in [-0.2, -0.15) is 0 Å². The first-order valence-electron chi connectivity index (χ1n) is 8.45. The minimum Gasteiger partial charge on any atom is -0.496 e. The lowest BCUT2D eigenvalue weighted by Crippen LogP contribution is -2.19. The monoisotopic (exact) mass is 386 g/mol. The smallest absolute Gasteiger partial charge is 0.411 e. The largest absolute Gasteiger partial charge is 0.496 e. The fourth-order valence-corrected chi connectivity index (χ4v) is 2.70. The van der Waals surface area contributed by atoms with E-state index >= 15 is 0 Å². The molecule has 0 unspecified atom stereocenters. The molecule has 0 heterocycles. The third-order valence-corrected chi connectivity index (χ3v) is 3.98. The van der Waals surface area contributed by atoms with Crippen molar-refractivity contribution in [2.45, 2.75) is 19.9 Å². The van der Waals surface area contributed by atoms with Gasteiger partial charge in [0.25, 0.3) is 0 Å². The summed E-state index contributed by atoms with van der Waals surface area (Å²) in [6.07, 6.45) is -0.759. The number of rotatable bonds is 7. The van der Waals surface area contributed by atoms with Crippen LogP contribution in [-0.4, -0.2) is 37.3 Å². The van der Waals surface area contributed by atoms with Crippen molar-refractivity contribution in [2.24, 2.45) is 0 Å². The molecule has 2 aromatic rings. The Kier molecular flexibility index (Phi) is 6.97. The van der Waals surface area contributed by atoms with Crippen LogP contribution in [0.25, 0.3) is 11.1 Å². The van der Waals surface area contributed by atoms with Crippen molar-refractivity contribution in [1.82, 2.24) is 5.32 Å². The number of carboxylic acid groups (broad SMARTS) is 1. The first kappa shape index (κ1) is 20.8. The Morgan fingerprint density at radius 1 is 1.04 bits per heavy atom. The molecular weight excluding hydrogens is 364 g/mol. The van der Waals surface area contributed by atoms with E-state index in [0.29, 0.717) is 28.1 Å². The molecule has 0 bridgehead atoms. The summed E-state index contributed by atoms with van der Waals surface area (Å²) in [5.74, 6) is -0.599. The topological polar surface area (TPSA) is 114 Å². The van der Waals surface area contributed by atoms with E-state index in [1.54, 1.807) is 36.4 Å². The molecule has 8 nitrogen and oxygen atoms in total. The van der Waals surface area contributed by atoms with Crippen molar-refractivity contribution >= 4 is 23.7 Å². The number of benzene rings is 2. The number of ether oxygens (including phenoxy) is 2. The highest BCUT2D eigenvalue weighted by Crippen LogP contribution is 2.35. The van der Waals surface area contributed by atoms with Crippen LogP contribution in [0.15, 0.2) is 36.4 Å². The van der Waals surface area contributed by atoms with Crippen molar-refractivity contribution in [2.75, 3.05) is 19.5 Å². The van der Waals surface area contributed by atoms with Crippen molar-refractivity contribution in [3.8, 4) is 16.9 Å². The van der Waals surface area contributed by atoms with Gasteiger partial charge in [-0.1, -0.05) is 12.1 Å². The van der Waals surface area contributed by atoms with E-state index in [2.05, 4.69) is 15.4 Å². The maximum atomic E-state index is 11.5. The highest BCUT2D eigenvalue weighted by Gasteiger charge is 2.15. The van der Waals surface area contributed by atoms with Gasteiger partial charge in [0.2, 0.25) is 5.91 Å². The zero-order valence-electron chi connectivity index (χ0n) is 15.9. The van der Waals surface area contributed by atoms with Crippen LogP contribution in [0.3, 0.4) is 0 Å². The number of nitrogens with one attached hydrogen (secondary N) is 2. The SMILES string of the molecule is COC(=O)Nc1ccc(CNC(C)=O)c(-c2cc(CC(=O)O)ccc2OC)c1. The van der Waals surface area contributed by atoms with E-state index in [0.717, 1.165) is 5.56 Å². The minimum absolute atomic E-state index is 0.141. The summed E-state index contributed by atoms with van der Waals surface area (Å²) in [7, 11) is 2.78. The first-order valence-corrected chi connectivity index (χ1v) is 8.45. The van der Waals surface area contributed by atoms with Crippen LogP contribution in [0.2, 0.25) is 0 Å².